The van der Waals surface area contributed by atoms with E-state index < -0.39 is 17.3 Å². The highest BCUT2D eigenvalue weighted by Gasteiger charge is 2.20. The van der Waals surface area contributed by atoms with Gasteiger partial charge in [-0.1, -0.05) is 18.2 Å². The Labute approximate surface area is 130 Å². The summed E-state index contributed by atoms with van der Waals surface area (Å²) in [5.74, 6) is -1.03. The quantitative estimate of drug-likeness (QED) is 0.755. The molecule has 0 saturated carbocycles. The summed E-state index contributed by atoms with van der Waals surface area (Å²) >= 11 is 0. The molecule has 0 fully saturated rings. The number of pyridine rings is 2. The Morgan fingerprint density at radius 2 is 2.00 bits per heavy atom. The number of hydrogen-bond acceptors (Lipinski definition) is 4. The van der Waals surface area contributed by atoms with Gasteiger partial charge in [0.15, 0.2) is 0 Å². The molecule has 0 bridgehead atoms. The molecule has 0 atom stereocenters. The van der Waals surface area contributed by atoms with Crippen LogP contribution < -0.4 is 5.56 Å². The molecule has 0 radical (unpaired) electrons. The number of aromatic amines is 1. The van der Waals surface area contributed by atoms with Crippen molar-refractivity contribution in [3.63, 3.8) is 0 Å². The van der Waals surface area contributed by atoms with Crippen molar-refractivity contribution in [2.45, 2.75) is 6.92 Å². The molecule has 5 nitrogen and oxygen atoms in total. The molecular weight excluding hydrogens is 299 g/mol. The molecule has 0 aliphatic carbocycles. The fourth-order valence-electron chi connectivity index (χ4n) is 2.43. The first-order chi connectivity index (χ1) is 11.1. The molecule has 1 N–H and O–H groups in total. The van der Waals surface area contributed by atoms with Gasteiger partial charge in [0.25, 0.3) is 5.56 Å². The summed E-state index contributed by atoms with van der Waals surface area (Å²) < 4.78 is 18.2. The first kappa shape index (κ1) is 14.9. The van der Waals surface area contributed by atoms with E-state index in [-0.39, 0.29) is 17.8 Å². The Kier molecular flexibility index (Phi) is 3.89. The van der Waals surface area contributed by atoms with Gasteiger partial charge < -0.3 is 9.72 Å². The van der Waals surface area contributed by atoms with E-state index in [0.717, 1.165) is 0 Å². The van der Waals surface area contributed by atoms with E-state index >= 15 is 0 Å². The fourth-order valence-corrected chi connectivity index (χ4v) is 2.43. The zero-order valence-corrected chi connectivity index (χ0v) is 12.3. The number of halogens is 1. The summed E-state index contributed by atoms with van der Waals surface area (Å²) in [5.41, 5.74) is 0.813. The van der Waals surface area contributed by atoms with E-state index in [1.54, 1.807) is 19.1 Å². The molecule has 0 aliphatic rings. The topological polar surface area (TPSA) is 72.1 Å². The maximum absolute atomic E-state index is 13.2. The van der Waals surface area contributed by atoms with Crippen molar-refractivity contribution in [2.24, 2.45) is 0 Å². The van der Waals surface area contributed by atoms with Crippen molar-refractivity contribution in [1.82, 2.24) is 9.97 Å². The van der Waals surface area contributed by atoms with Crippen LogP contribution in [0.3, 0.4) is 0 Å². The summed E-state index contributed by atoms with van der Waals surface area (Å²) in [5, 5.41) is 0.505. The van der Waals surface area contributed by atoms with E-state index in [1.807, 2.05) is 0 Å². The first-order valence-electron chi connectivity index (χ1n) is 7.06. The van der Waals surface area contributed by atoms with Crippen LogP contribution in [0.2, 0.25) is 0 Å². The highest BCUT2D eigenvalue weighted by atomic mass is 19.1. The number of fused-ring (bicyclic) bond motifs is 1. The zero-order chi connectivity index (χ0) is 16.4. The minimum absolute atomic E-state index is 0.0314. The number of carbonyl (C=O) groups excluding carboxylic acids is 1. The highest BCUT2D eigenvalue weighted by molar-refractivity contribution is 6.05. The fraction of sp³-hybridized carbons (Fsp3) is 0.118. The molecule has 0 amide bonds. The second-order valence-electron chi connectivity index (χ2n) is 4.83. The number of nitrogens with zero attached hydrogens (tertiary/aromatic N) is 1. The summed E-state index contributed by atoms with van der Waals surface area (Å²) in [6.07, 6.45) is 1.50. The van der Waals surface area contributed by atoms with Crippen molar-refractivity contribution in [3.05, 3.63) is 64.5 Å². The van der Waals surface area contributed by atoms with Crippen molar-refractivity contribution < 1.29 is 13.9 Å². The van der Waals surface area contributed by atoms with E-state index in [9.17, 15) is 14.0 Å². The number of rotatable bonds is 3. The number of nitrogens with one attached hydrogen (secondary N) is 1. The van der Waals surface area contributed by atoms with Gasteiger partial charge in [0.05, 0.1) is 6.61 Å². The second kappa shape index (κ2) is 6.00. The van der Waals surface area contributed by atoms with Gasteiger partial charge in [-0.05, 0) is 30.7 Å². The van der Waals surface area contributed by atoms with E-state index in [4.69, 9.17) is 4.74 Å². The predicted octanol–water partition coefficient (Wildman–Crippen LogP) is 2.91. The Hall–Kier alpha value is -3.02. The van der Waals surface area contributed by atoms with Gasteiger partial charge in [-0.15, -0.1) is 0 Å². The van der Waals surface area contributed by atoms with Crippen LogP contribution in [0.4, 0.5) is 4.39 Å². The SMILES string of the molecule is CCOC(=O)c1[nH]c(=O)c2ncccc2c1-c1ccc(F)cc1. The molecule has 2 aromatic heterocycles. The van der Waals surface area contributed by atoms with Crippen molar-refractivity contribution in [2.75, 3.05) is 6.61 Å². The average Bonchev–Trinajstić information content (AvgIpc) is 2.56. The van der Waals surface area contributed by atoms with Crippen molar-refractivity contribution in [1.29, 1.82) is 0 Å². The molecule has 0 unspecified atom stereocenters. The summed E-state index contributed by atoms with van der Waals surface area (Å²) in [4.78, 5) is 31.0. The second-order valence-corrected chi connectivity index (χ2v) is 4.83. The number of esters is 1. The number of ether oxygens (including phenoxy) is 1. The number of hydrogen-bond donors (Lipinski definition) is 1. The van der Waals surface area contributed by atoms with Crippen LogP contribution in [0.15, 0.2) is 47.4 Å². The molecule has 3 rings (SSSR count). The number of aromatic nitrogens is 2. The standard InChI is InChI=1S/C17H13FN2O3/c1-2-23-17(22)15-13(10-5-7-11(18)8-6-10)12-4-3-9-19-14(12)16(21)20-15/h3-9H,2H2,1H3,(H,20,21). The van der Waals surface area contributed by atoms with Crippen LogP contribution in [0.1, 0.15) is 17.4 Å². The minimum atomic E-state index is -0.644. The van der Waals surface area contributed by atoms with E-state index in [1.165, 1.54) is 30.5 Å². The molecule has 1 aromatic carbocycles. The smallest absolute Gasteiger partial charge is 0.355 e. The molecule has 0 saturated heterocycles. The molecule has 23 heavy (non-hydrogen) atoms. The van der Waals surface area contributed by atoms with Crippen molar-refractivity contribution >= 4 is 16.9 Å². The first-order valence-corrected chi connectivity index (χ1v) is 7.06. The number of carbonyl (C=O) groups is 1. The largest absolute Gasteiger partial charge is 0.461 e. The Morgan fingerprint density at radius 3 is 2.70 bits per heavy atom. The molecule has 0 spiro atoms. The lowest BCUT2D eigenvalue weighted by Gasteiger charge is -2.12. The van der Waals surface area contributed by atoms with Gasteiger partial charge in [0.1, 0.15) is 17.0 Å². The van der Waals surface area contributed by atoms with Crippen molar-refractivity contribution in [3.8, 4) is 11.1 Å². The normalized spacial score (nSPS) is 10.7. The molecule has 116 valence electrons. The minimum Gasteiger partial charge on any atom is -0.461 e. The highest BCUT2D eigenvalue weighted by Crippen LogP contribution is 2.29. The van der Waals surface area contributed by atoms with Gasteiger partial charge in [-0.2, -0.15) is 0 Å². The molecule has 3 aromatic rings. The third kappa shape index (κ3) is 2.70. The lowest BCUT2D eigenvalue weighted by atomic mass is 9.99. The lowest BCUT2D eigenvalue weighted by molar-refractivity contribution is 0.0520. The van der Waals surface area contributed by atoms with E-state index in [2.05, 4.69) is 9.97 Å². The number of benzene rings is 1. The third-order valence-corrected chi connectivity index (χ3v) is 3.39. The van der Waals surface area contributed by atoms with Crippen LogP contribution in [0.5, 0.6) is 0 Å². The Balaban J connectivity index is 2.37. The Bertz CT molecular complexity index is 933. The molecule has 0 aliphatic heterocycles. The van der Waals surface area contributed by atoms with Crippen LogP contribution >= 0.6 is 0 Å². The van der Waals surface area contributed by atoms with Gasteiger partial charge in [-0.25, -0.2) is 9.18 Å². The third-order valence-electron chi connectivity index (χ3n) is 3.39. The maximum Gasteiger partial charge on any atom is 0.355 e. The van der Waals surface area contributed by atoms with Crippen LogP contribution in [0.25, 0.3) is 22.0 Å². The van der Waals surface area contributed by atoms with Gasteiger partial charge >= 0.3 is 5.97 Å². The van der Waals surface area contributed by atoms with Gasteiger partial charge in [0.2, 0.25) is 0 Å². The van der Waals surface area contributed by atoms with E-state index in [0.29, 0.717) is 16.5 Å². The van der Waals surface area contributed by atoms with Crippen LogP contribution in [0, 0.1) is 5.82 Å². The van der Waals surface area contributed by atoms with Crippen LogP contribution in [-0.2, 0) is 4.74 Å². The predicted molar refractivity (Wildman–Crippen MR) is 83.7 cm³/mol. The lowest BCUT2D eigenvalue weighted by Crippen LogP contribution is -2.18. The summed E-state index contributed by atoms with van der Waals surface area (Å²) in [6.45, 7) is 1.85. The summed E-state index contributed by atoms with van der Waals surface area (Å²) in [7, 11) is 0. The van der Waals surface area contributed by atoms with Gasteiger partial charge in [-0.3, -0.25) is 9.78 Å². The average molecular weight is 312 g/mol. The Morgan fingerprint density at radius 1 is 1.26 bits per heavy atom. The molecule has 6 heteroatoms. The zero-order valence-electron chi connectivity index (χ0n) is 12.3. The van der Waals surface area contributed by atoms with Crippen LogP contribution in [-0.4, -0.2) is 22.5 Å². The maximum atomic E-state index is 13.2. The summed E-state index contributed by atoms with van der Waals surface area (Å²) in [6, 6.07) is 9.02. The van der Waals surface area contributed by atoms with Gasteiger partial charge in [0, 0.05) is 17.1 Å². The number of H-pyrrole nitrogens is 1. The molecule has 2 heterocycles. The monoisotopic (exact) mass is 312 g/mol. The molecular formula is C17H13FN2O3.